The van der Waals surface area contributed by atoms with E-state index in [0.717, 1.165) is 49.9 Å². The SMILES string of the molecule is CC(C)(C)OC(=O)CCc1ccccc1NCc1ccc2cncc(-c3cc4ccccc4o3)c2c1. The number of benzene rings is 3. The first-order chi connectivity index (χ1) is 17.4. The van der Waals surface area contributed by atoms with Crippen LogP contribution in [0.25, 0.3) is 33.1 Å². The van der Waals surface area contributed by atoms with Crippen molar-refractivity contribution in [3.63, 3.8) is 0 Å². The molecule has 36 heavy (non-hydrogen) atoms. The lowest BCUT2D eigenvalue weighted by Crippen LogP contribution is -2.24. The second-order valence-electron chi connectivity index (χ2n) is 9.99. The zero-order valence-corrected chi connectivity index (χ0v) is 20.9. The largest absolute Gasteiger partial charge is 0.460 e. The minimum atomic E-state index is -0.471. The van der Waals surface area contributed by atoms with E-state index < -0.39 is 5.60 Å². The summed E-state index contributed by atoms with van der Waals surface area (Å²) >= 11 is 0. The molecule has 2 heterocycles. The maximum Gasteiger partial charge on any atom is 0.306 e. The summed E-state index contributed by atoms with van der Waals surface area (Å²) < 4.78 is 11.6. The summed E-state index contributed by atoms with van der Waals surface area (Å²) in [5, 5.41) is 6.79. The van der Waals surface area contributed by atoms with E-state index in [0.29, 0.717) is 19.4 Å². The van der Waals surface area contributed by atoms with Crippen LogP contribution in [-0.2, 0) is 22.5 Å². The van der Waals surface area contributed by atoms with Crippen molar-refractivity contribution in [1.29, 1.82) is 0 Å². The standard InChI is InChI=1S/C31H30N2O3/c1-31(2,3)36-30(34)15-14-22-8-4-6-10-27(22)33-18-21-12-13-24-19-32-20-26(25(24)16-21)29-17-23-9-5-7-11-28(23)35-29/h4-13,16-17,19-20,33H,14-15,18H2,1-3H3. The summed E-state index contributed by atoms with van der Waals surface area (Å²) in [5.74, 6) is 0.630. The Bertz CT molecular complexity index is 1500. The number of aromatic nitrogens is 1. The van der Waals surface area contributed by atoms with E-state index in [-0.39, 0.29) is 5.97 Å². The normalized spacial score (nSPS) is 11.6. The lowest BCUT2D eigenvalue weighted by atomic mass is 10.0. The van der Waals surface area contributed by atoms with Crippen molar-refractivity contribution in [3.05, 3.63) is 96.3 Å². The maximum atomic E-state index is 12.2. The molecule has 0 radical (unpaired) electrons. The molecule has 0 amide bonds. The minimum Gasteiger partial charge on any atom is -0.460 e. The highest BCUT2D eigenvalue weighted by Gasteiger charge is 2.16. The van der Waals surface area contributed by atoms with Crippen LogP contribution in [0.4, 0.5) is 5.69 Å². The van der Waals surface area contributed by atoms with Crippen molar-refractivity contribution in [3.8, 4) is 11.3 Å². The monoisotopic (exact) mass is 478 g/mol. The molecule has 0 fully saturated rings. The first kappa shape index (κ1) is 23.6. The average Bonchev–Trinajstić information content (AvgIpc) is 3.29. The lowest BCUT2D eigenvalue weighted by Gasteiger charge is -2.19. The van der Waals surface area contributed by atoms with Gasteiger partial charge in [0.15, 0.2) is 0 Å². The van der Waals surface area contributed by atoms with Gasteiger partial charge in [-0.25, -0.2) is 0 Å². The number of ether oxygens (including phenoxy) is 1. The van der Waals surface area contributed by atoms with Crippen LogP contribution in [0.3, 0.4) is 0 Å². The van der Waals surface area contributed by atoms with Crippen LogP contribution >= 0.6 is 0 Å². The highest BCUT2D eigenvalue weighted by molar-refractivity contribution is 5.97. The molecule has 0 aliphatic carbocycles. The Balaban J connectivity index is 1.35. The molecule has 2 aromatic heterocycles. The van der Waals surface area contributed by atoms with Crippen molar-refractivity contribution in [2.24, 2.45) is 0 Å². The van der Waals surface area contributed by atoms with Gasteiger partial charge >= 0.3 is 5.97 Å². The summed E-state index contributed by atoms with van der Waals surface area (Å²) in [4.78, 5) is 16.6. The Morgan fingerprint density at radius 2 is 1.75 bits per heavy atom. The van der Waals surface area contributed by atoms with Crippen LogP contribution in [0.1, 0.15) is 38.3 Å². The van der Waals surface area contributed by atoms with Crippen molar-refractivity contribution < 1.29 is 13.9 Å². The van der Waals surface area contributed by atoms with Gasteiger partial charge in [-0.1, -0.05) is 48.5 Å². The third-order valence-corrected chi connectivity index (χ3v) is 6.03. The van der Waals surface area contributed by atoms with Gasteiger partial charge in [-0.2, -0.15) is 0 Å². The predicted octanol–water partition coefficient (Wildman–Crippen LogP) is 7.53. The molecule has 1 N–H and O–H groups in total. The summed E-state index contributed by atoms with van der Waals surface area (Å²) in [5.41, 5.74) is 4.63. The first-order valence-electron chi connectivity index (χ1n) is 12.2. The number of hydrogen-bond donors (Lipinski definition) is 1. The van der Waals surface area contributed by atoms with E-state index in [4.69, 9.17) is 9.15 Å². The summed E-state index contributed by atoms with van der Waals surface area (Å²) in [7, 11) is 0. The van der Waals surface area contributed by atoms with Crippen LogP contribution in [0, 0.1) is 0 Å². The fourth-order valence-corrected chi connectivity index (χ4v) is 4.37. The van der Waals surface area contributed by atoms with Crippen LogP contribution < -0.4 is 5.32 Å². The van der Waals surface area contributed by atoms with Gasteiger partial charge in [0, 0.05) is 47.4 Å². The van der Waals surface area contributed by atoms with Gasteiger partial charge in [0.1, 0.15) is 16.9 Å². The van der Waals surface area contributed by atoms with Crippen LogP contribution in [-0.4, -0.2) is 16.6 Å². The van der Waals surface area contributed by atoms with Gasteiger partial charge in [-0.3, -0.25) is 9.78 Å². The molecule has 0 spiro atoms. The highest BCUT2D eigenvalue weighted by Crippen LogP contribution is 2.33. The molecular weight excluding hydrogens is 448 g/mol. The number of furan rings is 1. The average molecular weight is 479 g/mol. The number of nitrogens with one attached hydrogen (secondary N) is 1. The number of para-hydroxylation sites is 2. The number of fused-ring (bicyclic) bond motifs is 2. The van der Waals surface area contributed by atoms with E-state index in [1.807, 2.05) is 63.5 Å². The van der Waals surface area contributed by atoms with E-state index in [2.05, 4.69) is 52.8 Å². The molecule has 0 saturated carbocycles. The minimum absolute atomic E-state index is 0.182. The van der Waals surface area contributed by atoms with Gasteiger partial charge in [-0.15, -0.1) is 0 Å². The zero-order chi connectivity index (χ0) is 25.1. The van der Waals surface area contributed by atoms with Crippen molar-refractivity contribution in [1.82, 2.24) is 4.98 Å². The Kier molecular flexibility index (Phi) is 6.47. The van der Waals surface area contributed by atoms with Gasteiger partial charge in [-0.05, 0) is 68.0 Å². The molecule has 0 saturated heterocycles. The van der Waals surface area contributed by atoms with Crippen LogP contribution in [0.2, 0.25) is 0 Å². The number of aryl methyl sites for hydroxylation is 1. The van der Waals surface area contributed by atoms with E-state index in [9.17, 15) is 4.79 Å². The molecule has 0 unspecified atom stereocenters. The van der Waals surface area contributed by atoms with Crippen LogP contribution in [0.15, 0.2) is 89.6 Å². The number of carbonyl (C=O) groups is 1. The highest BCUT2D eigenvalue weighted by atomic mass is 16.6. The smallest absolute Gasteiger partial charge is 0.306 e. The molecular formula is C31H30N2O3. The molecule has 5 nitrogen and oxygen atoms in total. The van der Waals surface area contributed by atoms with Crippen LogP contribution in [0.5, 0.6) is 0 Å². The second kappa shape index (κ2) is 9.86. The van der Waals surface area contributed by atoms with Gasteiger partial charge < -0.3 is 14.5 Å². The number of anilines is 1. The molecule has 0 atom stereocenters. The Labute approximate surface area is 211 Å². The Morgan fingerprint density at radius 1 is 0.944 bits per heavy atom. The molecule has 182 valence electrons. The third kappa shape index (κ3) is 5.41. The second-order valence-corrected chi connectivity index (χ2v) is 9.99. The Morgan fingerprint density at radius 3 is 2.58 bits per heavy atom. The van der Waals surface area contributed by atoms with E-state index in [1.54, 1.807) is 0 Å². The zero-order valence-electron chi connectivity index (χ0n) is 20.9. The topological polar surface area (TPSA) is 64.4 Å². The van der Waals surface area contributed by atoms with Gasteiger partial charge in [0.25, 0.3) is 0 Å². The fraction of sp³-hybridized carbons (Fsp3) is 0.226. The van der Waals surface area contributed by atoms with Gasteiger partial charge in [0.05, 0.1) is 0 Å². The maximum absolute atomic E-state index is 12.2. The quantitative estimate of drug-likeness (QED) is 0.245. The predicted molar refractivity (Wildman–Crippen MR) is 145 cm³/mol. The molecule has 0 bridgehead atoms. The molecule has 3 aromatic carbocycles. The van der Waals surface area contributed by atoms with Crippen molar-refractivity contribution in [2.75, 3.05) is 5.32 Å². The van der Waals surface area contributed by atoms with Gasteiger partial charge in [0.2, 0.25) is 0 Å². The van der Waals surface area contributed by atoms with Crippen molar-refractivity contribution >= 4 is 33.4 Å². The number of pyridine rings is 1. The number of nitrogens with zero attached hydrogens (tertiary/aromatic N) is 1. The first-order valence-corrected chi connectivity index (χ1v) is 12.2. The third-order valence-electron chi connectivity index (χ3n) is 6.03. The summed E-state index contributed by atoms with van der Waals surface area (Å²) in [6.45, 7) is 6.32. The summed E-state index contributed by atoms with van der Waals surface area (Å²) in [6.07, 6.45) is 4.71. The lowest BCUT2D eigenvalue weighted by molar-refractivity contribution is -0.154. The summed E-state index contributed by atoms with van der Waals surface area (Å²) in [6, 6.07) is 24.6. The fourth-order valence-electron chi connectivity index (χ4n) is 4.37. The molecule has 5 heteroatoms. The number of carbonyl (C=O) groups excluding carboxylic acids is 1. The molecule has 0 aliphatic heterocycles. The molecule has 5 rings (SSSR count). The van der Waals surface area contributed by atoms with E-state index in [1.165, 1.54) is 0 Å². The van der Waals surface area contributed by atoms with E-state index >= 15 is 0 Å². The number of rotatable bonds is 7. The number of esters is 1. The molecule has 5 aromatic rings. The number of hydrogen-bond acceptors (Lipinski definition) is 5. The Hall–Kier alpha value is -4.12. The molecule has 0 aliphatic rings. The van der Waals surface area contributed by atoms with Crippen molar-refractivity contribution in [2.45, 2.75) is 45.8 Å².